The van der Waals surface area contributed by atoms with Gasteiger partial charge in [0.25, 0.3) is 0 Å². The number of carbonyl (C=O) groups is 1. The number of aromatic nitrogens is 2. The fourth-order valence-electron chi connectivity index (χ4n) is 5.34. The molecule has 1 aliphatic carbocycles. The summed E-state index contributed by atoms with van der Waals surface area (Å²) in [6, 6.07) is 3.32. The zero-order valence-corrected chi connectivity index (χ0v) is 17.1. The zero-order valence-electron chi connectivity index (χ0n) is 17.1. The van der Waals surface area contributed by atoms with Crippen LogP contribution >= 0.6 is 0 Å². The minimum atomic E-state index is 0.168. The summed E-state index contributed by atoms with van der Waals surface area (Å²) in [6.07, 6.45) is 9.80. The van der Waals surface area contributed by atoms with E-state index in [1.54, 1.807) is 0 Å². The molecule has 0 spiro atoms. The number of hydrogen-bond donors (Lipinski definition) is 0. The summed E-state index contributed by atoms with van der Waals surface area (Å²) >= 11 is 0. The lowest BCUT2D eigenvalue weighted by molar-refractivity contribution is -0.123. The summed E-state index contributed by atoms with van der Waals surface area (Å²) in [5.41, 5.74) is 0. The van der Waals surface area contributed by atoms with Crippen molar-refractivity contribution in [1.29, 1.82) is 0 Å². The Kier molecular flexibility index (Phi) is 5.49. The van der Waals surface area contributed by atoms with Crippen LogP contribution in [-0.2, 0) is 4.79 Å². The number of ketones is 1. The quantitative estimate of drug-likeness (QED) is 0.792. The minimum Gasteiger partial charge on any atom is -0.348 e. The summed E-state index contributed by atoms with van der Waals surface area (Å²) in [6.45, 7) is 6.31. The van der Waals surface area contributed by atoms with Crippen LogP contribution in [0.25, 0.3) is 0 Å². The van der Waals surface area contributed by atoms with Crippen LogP contribution in [0.3, 0.4) is 0 Å². The lowest BCUT2D eigenvalue weighted by Crippen LogP contribution is -2.52. The van der Waals surface area contributed by atoms with Crippen molar-refractivity contribution in [2.75, 3.05) is 25.0 Å². The predicted molar refractivity (Wildman–Crippen MR) is 108 cm³/mol. The van der Waals surface area contributed by atoms with Gasteiger partial charge in [0.1, 0.15) is 17.4 Å². The van der Waals surface area contributed by atoms with Crippen molar-refractivity contribution in [2.24, 2.45) is 11.8 Å². The molecular weight excluding hydrogens is 336 g/mol. The largest absolute Gasteiger partial charge is 0.348 e. The van der Waals surface area contributed by atoms with E-state index in [1.807, 2.05) is 20.0 Å². The molecular formula is C22H34N4O. The van der Waals surface area contributed by atoms with Gasteiger partial charge in [-0.2, -0.15) is 0 Å². The number of likely N-dealkylation sites (N-methyl/N-ethyl adjacent to an activating group) is 1. The van der Waals surface area contributed by atoms with Crippen molar-refractivity contribution < 1.29 is 4.79 Å². The Morgan fingerprint density at radius 3 is 2.41 bits per heavy atom. The van der Waals surface area contributed by atoms with E-state index in [0.717, 1.165) is 56.8 Å². The second-order valence-electron chi connectivity index (χ2n) is 9.33. The van der Waals surface area contributed by atoms with E-state index >= 15 is 0 Å². The molecule has 0 aromatic carbocycles. The number of fused-ring (bicyclic) bond motifs is 2. The third kappa shape index (κ3) is 4.03. The highest BCUT2D eigenvalue weighted by Gasteiger charge is 2.39. The Labute approximate surface area is 163 Å². The van der Waals surface area contributed by atoms with Crippen LogP contribution in [0.15, 0.2) is 12.3 Å². The van der Waals surface area contributed by atoms with Gasteiger partial charge in [-0.15, -0.1) is 0 Å². The molecule has 3 heterocycles. The maximum absolute atomic E-state index is 12.0. The maximum Gasteiger partial charge on any atom is 0.135 e. The molecule has 2 unspecified atom stereocenters. The number of hydrogen-bond acceptors (Lipinski definition) is 5. The summed E-state index contributed by atoms with van der Waals surface area (Å²) in [4.78, 5) is 26.7. The molecule has 2 aliphatic heterocycles. The van der Waals surface area contributed by atoms with Crippen molar-refractivity contribution in [2.45, 2.75) is 76.8 Å². The maximum atomic E-state index is 12.0. The van der Waals surface area contributed by atoms with E-state index in [2.05, 4.69) is 27.9 Å². The molecule has 3 aliphatic rings. The second-order valence-corrected chi connectivity index (χ2v) is 9.33. The van der Waals surface area contributed by atoms with Crippen molar-refractivity contribution in [3.05, 3.63) is 18.1 Å². The summed E-state index contributed by atoms with van der Waals surface area (Å²) < 4.78 is 0. The first-order chi connectivity index (χ1) is 13.0. The molecule has 27 heavy (non-hydrogen) atoms. The average molecular weight is 371 g/mol. The summed E-state index contributed by atoms with van der Waals surface area (Å²) in [5, 5.41) is 0. The molecule has 5 nitrogen and oxygen atoms in total. The standard InChI is InChI=1S/C22H34N4O/c1-15(2)20(27)12-16-4-6-17(7-5-16)22-23-11-10-21(24-22)26-18-8-9-19(26)14-25(3)13-18/h10-11,15-19H,4-9,12-14H2,1-3H3/t16-,17+,18?,19?. The molecule has 148 valence electrons. The monoisotopic (exact) mass is 370 g/mol. The van der Waals surface area contributed by atoms with Crippen LogP contribution in [0.4, 0.5) is 5.82 Å². The van der Waals surface area contributed by atoms with E-state index in [9.17, 15) is 4.79 Å². The number of anilines is 1. The Morgan fingerprint density at radius 2 is 1.78 bits per heavy atom. The first-order valence-electron chi connectivity index (χ1n) is 10.8. The van der Waals surface area contributed by atoms with Gasteiger partial charge in [-0.3, -0.25) is 4.79 Å². The molecule has 4 rings (SSSR count). The van der Waals surface area contributed by atoms with Crippen LogP contribution in [0, 0.1) is 11.8 Å². The van der Waals surface area contributed by atoms with Crippen molar-refractivity contribution >= 4 is 11.6 Å². The molecule has 1 aromatic heterocycles. The van der Waals surface area contributed by atoms with Crippen LogP contribution in [0.1, 0.15) is 70.5 Å². The highest BCUT2D eigenvalue weighted by Crippen LogP contribution is 2.38. The molecule has 0 N–H and O–H groups in total. The second kappa shape index (κ2) is 7.86. The molecule has 2 saturated heterocycles. The summed E-state index contributed by atoms with van der Waals surface area (Å²) in [5.74, 6) is 3.77. The summed E-state index contributed by atoms with van der Waals surface area (Å²) in [7, 11) is 2.23. The van der Waals surface area contributed by atoms with E-state index in [0.29, 0.717) is 29.7 Å². The van der Waals surface area contributed by atoms with Gasteiger partial charge in [-0.05, 0) is 57.6 Å². The van der Waals surface area contributed by atoms with E-state index in [4.69, 9.17) is 4.98 Å². The number of rotatable bonds is 5. The number of Topliss-reactive ketones (excluding diaryl/α,β-unsaturated/α-hetero) is 1. The lowest BCUT2D eigenvalue weighted by atomic mass is 9.78. The molecule has 0 radical (unpaired) electrons. The van der Waals surface area contributed by atoms with Crippen molar-refractivity contribution in [3.8, 4) is 0 Å². The first-order valence-corrected chi connectivity index (χ1v) is 10.8. The highest BCUT2D eigenvalue weighted by molar-refractivity contribution is 5.80. The Morgan fingerprint density at radius 1 is 1.11 bits per heavy atom. The van der Waals surface area contributed by atoms with E-state index < -0.39 is 0 Å². The molecule has 5 heteroatoms. The van der Waals surface area contributed by atoms with Gasteiger partial charge in [-0.1, -0.05) is 13.8 Å². The third-order valence-electron chi connectivity index (χ3n) is 6.93. The van der Waals surface area contributed by atoms with Crippen molar-refractivity contribution in [1.82, 2.24) is 14.9 Å². The van der Waals surface area contributed by atoms with Crippen LogP contribution in [0.5, 0.6) is 0 Å². The minimum absolute atomic E-state index is 0.168. The molecule has 3 fully saturated rings. The lowest BCUT2D eigenvalue weighted by Gasteiger charge is -2.40. The molecule has 2 bridgehead atoms. The van der Waals surface area contributed by atoms with Crippen LogP contribution in [-0.4, -0.2) is 52.9 Å². The van der Waals surface area contributed by atoms with Crippen LogP contribution < -0.4 is 4.90 Å². The number of likely N-dealkylation sites (tertiary alicyclic amines) is 1. The molecule has 2 atom stereocenters. The third-order valence-corrected chi connectivity index (χ3v) is 6.93. The van der Waals surface area contributed by atoms with Crippen LogP contribution in [0.2, 0.25) is 0 Å². The normalized spacial score (nSPS) is 31.5. The number of piperazine rings is 1. The Bertz CT molecular complexity index is 654. The van der Waals surface area contributed by atoms with Gasteiger partial charge in [0, 0.05) is 49.6 Å². The predicted octanol–water partition coefficient (Wildman–Crippen LogP) is 3.65. The Hall–Kier alpha value is -1.49. The number of carbonyl (C=O) groups excluding carboxylic acids is 1. The van der Waals surface area contributed by atoms with E-state index in [1.165, 1.54) is 12.8 Å². The van der Waals surface area contributed by atoms with Gasteiger partial charge < -0.3 is 9.80 Å². The fourth-order valence-corrected chi connectivity index (χ4v) is 5.34. The smallest absolute Gasteiger partial charge is 0.135 e. The average Bonchev–Trinajstić information content (AvgIpc) is 2.93. The zero-order chi connectivity index (χ0) is 19.0. The molecule has 1 saturated carbocycles. The van der Waals surface area contributed by atoms with Gasteiger partial charge in [-0.25, -0.2) is 9.97 Å². The van der Waals surface area contributed by atoms with Crippen molar-refractivity contribution in [3.63, 3.8) is 0 Å². The SMILES string of the molecule is CC(C)C(=O)C[C@H]1CC[C@@H](c2nccc(N3C4CCC3CN(C)C4)n2)CC1. The highest BCUT2D eigenvalue weighted by atomic mass is 16.1. The topological polar surface area (TPSA) is 49.3 Å². The van der Waals surface area contributed by atoms with Gasteiger partial charge >= 0.3 is 0 Å². The molecule has 0 amide bonds. The number of nitrogens with zero attached hydrogens (tertiary/aromatic N) is 4. The first kappa shape index (κ1) is 18.9. The fraction of sp³-hybridized carbons (Fsp3) is 0.773. The van der Waals surface area contributed by atoms with Gasteiger partial charge in [0.05, 0.1) is 0 Å². The van der Waals surface area contributed by atoms with E-state index in [-0.39, 0.29) is 5.92 Å². The van der Waals surface area contributed by atoms with Gasteiger partial charge in [0.15, 0.2) is 0 Å². The van der Waals surface area contributed by atoms with Gasteiger partial charge in [0.2, 0.25) is 0 Å². The molecule has 1 aromatic rings. The Balaban J connectivity index is 1.40.